The zero-order chi connectivity index (χ0) is 7.70. The molecule has 0 amide bonds. The molecule has 0 bridgehead atoms. The Balaban J connectivity index is 0. The molecule has 0 saturated carbocycles. The maximum absolute atomic E-state index is 3.95. The van der Waals surface area contributed by atoms with Crippen molar-refractivity contribution in [1.29, 1.82) is 0 Å². The second kappa shape index (κ2) is 12.1. The number of rotatable bonds is 2. The van der Waals surface area contributed by atoms with E-state index in [-0.39, 0.29) is 4.58 Å². The van der Waals surface area contributed by atoms with E-state index < -0.39 is 0 Å². The monoisotopic (exact) mass is 202 g/mol. The summed E-state index contributed by atoms with van der Waals surface area (Å²) < 4.78 is 0.222. The summed E-state index contributed by atoms with van der Waals surface area (Å²) in [5.74, 6) is 1.92. The van der Waals surface area contributed by atoms with E-state index in [9.17, 15) is 0 Å². The summed E-state index contributed by atoms with van der Waals surface area (Å²) in [6.45, 7) is 1.90. The molecular formula is C5H14S4. The van der Waals surface area contributed by atoms with Crippen LogP contribution in [0.4, 0.5) is 0 Å². The van der Waals surface area contributed by atoms with E-state index >= 15 is 0 Å². The molecule has 0 aromatic rings. The van der Waals surface area contributed by atoms with Gasteiger partial charge < -0.3 is 0 Å². The summed E-state index contributed by atoms with van der Waals surface area (Å²) in [6, 6.07) is 0. The van der Waals surface area contributed by atoms with Crippen LogP contribution in [0.3, 0.4) is 0 Å². The third kappa shape index (κ3) is 44.5. The Morgan fingerprint density at radius 1 is 1.11 bits per heavy atom. The maximum Gasteiger partial charge on any atom is 0.0414 e. The van der Waals surface area contributed by atoms with Gasteiger partial charge in [-0.3, -0.25) is 0 Å². The fourth-order valence-electron chi connectivity index (χ4n) is 0.0707. The fourth-order valence-corrected chi connectivity index (χ4v) is 0.636. The molecule has 0 aliphatic carbocycles. The molecule has 0 N–H and O–H groups in total. The summed E-state index contributed by atoms with van der Waals surface area (Å²) in [7, 11) is 0. The van der Waals surface area contributed by atoms with Gasteiger partial charge in [-0.15, -0.1) is 0 Å². The first-order chi connectivity index (χ1) is 4.15. The van der Waals surface area contributed by atoms with Crippen LogP contribution in [0.2, 0.25) is 0 Å². The lowest BCUT2D eigenvalue weighted by atomic mass is 10.6. The van der Waals surface area contributed by atoms with Gasteiger partial charge in [0, 0.05) is 4.58 Å². The molecule has 4 heteroatoms. The quantitative estimate of drug-likeness (QED) is 0.384. The second-order valence-corrected chi connectivity index (χ2v) is 4.28. The van der Waals surface area contributed by atoms with Crippen LogP contribution in [0.25, 0.3) is 0 Å². The van der Waals surface area contributed by atoms with Gasteiger partial charge in [0.05, 0.1) is 0 Å². The Labute approximate surface area is 79.8 Å². The fraction of sp³-hybridized carbons (Fsp3) is 1.00. The van der Waals surface area contributed by atoms with Crippen LogP contribution < -0.4 is 0 Å². The molecule has 58 valence electrons. The lowest BCUT2D eigenvalue weighted by Crippen LogP contribution is -1.71. The molecule has 0 nitrogen and oxygen atoms in total. The second-order valence-electron chi connectivity index (χ2n) is 1.43. The Morgan fingerprint density at radius 3 is 1.33 bits per heavy atom. The largest absolute Gasteiger partial charge is 0.179 e. The highest BCUT2D eigenvalue weighted by Crippen LogP contribution is 1.93. The van der Waals surface area contributed by atoms with Gasteiger partial charge in [-0.2, -0.15) is 50.5 Å². The van der Waals surface area contributed by atoms with Crippen molar-refractivity contribution < 1.29 is 0 Å². The van der Waals surface area contributed by atoms with Gasteiger partial charge >= 0.3 is 0 Å². The molecule has 0 unspecified atom stereocenters. The van der Waals surface area contributed by atoms with Gasteiger partial charge in [-0.05, 0) is 24.9 Å². The van der Waals surface area contributed by atoms with Crippen LogP contribution >= 0.6 is 50.5 Å². The maximum atomic E-state index is 3.95. The van der Waals surface area contributed by atoms with Crippen molar-refractivity contribution in [3.63, 3.8) is 0 Å². The smallest absolute Gasteiger partial charge is 0.0414 e. The highest BCUT2D eigenvalue weighted by atomic mass is 32.2. The Kier molecular flexibility index (Phi) is 17.5. The molecular weight excluding hydrogens is 188 g/mol. The van der Waals surface area contributed by atoms with Crippen LogP contribution in [0.1, 0.15) is 13.3 Å². The number of hydrogen-bond donors (Lipinski definition) is 4. The molecule has 0 aromatic heterocycles. The van der Waals surface area contributed by atoms with Crippen molar-refractivity contribution >= 4 is 50.5 Å². The molecule has 0 heterocycles. The normalized spacial score (nSPS) is 8.67. The minimum absolute atomic E-state index is 0.222. The Hall–Kier alpha value is 1.40. The van der Waals surface area contributed by atoms with E-state index in [4.69, 9.17) is 0 Å². The molecule has 0 aliphatic heterocycles. The van der Waals surface area contributed by atoms with Crippen LogP contribution in [0, 0.1) is 0 Å². The first-order valence-corrected chi connectivity index (χ1v) is 5.02. The standard InChI is InChI=1S/C3H8S2.C2H6S2/c4-2-1-3-5;1-2(3)4/h4-5H,1-3H2;2-4H,1H3. The van der Waals surface area contributed by atoms with Gasteiger partial charge in [-0.1, -0.05) is 0 Å². The van der Waals surface area contributed by atoms with E-state index in [2.05, 4.69) is 50.5 Å². The van der Waals surface area contributed by atoms with E-state index in [1.807, 2.05) is 6.92 Å². The van der Waals surface area contributed by atoms with E-state index in [1.165, 1.54) is 0 Å². The molecule has 9 heavy (non-hydrogen) atoms. The number of thiol groups is 4. The Morgan fingerprint density at radius 2 is 1.33 bits per heavy atom. The molecule has 0 spiro atoms. The lowest BCUT2D eigenvalue weighted by molar-refractivity contribution is 1.14. The molecule has 0 aliphatic rings. The van der Waals surface area contributed by atoms with Gasteiger partial charge in [0.15, 0.2) is 0 Å². The molecule has 0 fully saturated rings. The van der Waals surface area contributed by atoms with E-state index in [0.29, 0.717) is 0 Å². The zero-order valence-corrected chi connectivity index (χ0v) is 9.07. The van der Waals surface area contributed by atoms with Crippen molar-refractivity contribution in [2.75, 3.05) is 11.5 Å². The van der Waals surface area contributed by atoms with Crippen molar-refractivity contribution in [2.45, 2.75) is 17.9 Å². The minimum atomic E-state index is 0.222. The summed E-state index contributed by atoms with van der Waals surface area (Å²) in [6.07, 6.45) is 1.12. The first-order valence-electron chi connectivity index (χ1n) is 2.73. The summed E-state index contributed by atoms with van der Waals surface area (Å²) in [5, 5.41) is 0. The summed E-state index contributed by atoms with van der Waals surface area (Å²) in [4.78, 5) is 0. The highest BCUT2D eigenvalue weighted by Gasteiger charge is 1.70. The van der Waals surface area contributed by atoms with Gasteiger partial charge in [0.2, 0.25) is 0 Å². The molecule has 0 radical (unpaired) electrons. The highest BCUT2D eigenvalue weighted by molar-refractivity contribution is 7.99. The average molecular weight is 202 g/mol. The van der Waals surface area contributed by atoms with Crippen molar-refractivity contribution in [1.82, 2.24) is 0 Å². The third-order valence-corrected chi connectivity index (χ3v) is 0.949. The van der Waals surface area contributed by atoms with Crippen LogP contribution in [0.5, 0.6) is 0 Å². The third-order valence-electron chi connectivity index (χ3n) is 0.316. The SMILES string of the molecule is CC(S)S.SCCCS. The zero-order valence-electron chi connectivity index (χ0n) is 5.49. The summed E-state index contributed by atoms with van der Waals surface area (Å²) >= 11 is 15.6. The van der Waals surface area contributed by atoms with E-state index in [1.54, 1.807) is 0 Å². The molecule has 0 rings (SSSR count). The van der Waals surface area contributed by atoms with Crippen LogP contribution in [-0.4, -0.2) is 16.1 Å². The predicted molar refractivity (Wildman–Crippen MR) is 59.8 cm³/mol. The van der Waals surface area contributed by atoms with Crippen LogP contribution in [-0.2, 0) is 0 Å². The van der Waals surface area contributed by atoms with Gasteiger partial charge in [0.25, 0.3) is 0 Å². The summed E-state index contributed by atoms with van der Waals surface area (Å²) in [5.41, 5.74) is 0. The average Bonchev–Trinajstić information content (AvgIpc) is 1.66. The number of hydrogen-bond acceptors (Lipinski definition) is 4. The van der Waals surface area contributed by atoms with Crippen molar-refractivity contribution in [3.8, 4) is 0 Å². The van der Waals surface area contributed by atoms with Crippen molar-refractivity contribution in [2.24, 2.45) is 0 Å². The minimum Gasteiger partial charge on any atom is -0.179 e. The molecule has 0 atom stereocenters. The van der Waals surface area contributed by atoms with Gasteiger partial charge in [0.1, 0.15) is 0 Å². The molecule has 0 saturated heterocycles. The van der Waals surface area contributed by atoms with E-state index in [0.717, 1.165) is 17.9 Å². The lowest BCUT2D eigenvalue weighted by Gasteiger charge is -1.78. The van der Waals surface area contributed by atoms with Crippen molar-refractivity contribution in [3.05, 3.63) is 0 Å². The first kappa shape index (κ1) is 13.0. The van der Waals surface area contributed by atoms with Crippen LogP contribution in [0.15, 0.2) is 0 Å². The molecule has 0 aromatic carbocycles. The van der Waals surface area contributed by atoms with Gasteiger partial charge in [-0.25, -0.2) is 0 Å². The topological polar surface area (TPSA) is 0 Å². The predicted octanol–water partition coefficient (Wildman–Crippen LogP) is 2.43. The Bertz CT molecular complexity index is 33.2.